The van der Waals surface area contributed by atoms with Crippen molar-refractivity contribution in [3.05, 3.63) is 180 Å². The number of ketones is 2. The van der Waals surface area contributed by atoms with Gasteiger partial charge in [-0.05, 0) is 139 Å². The van der Waals surface area contributed by atoms with Crippen molar-refractivity contribution in [2.45, 2.75) is 132 Å². The summed E-state index contributed by atoms with van der Waals surface area (Å²) in [6, 6.07) is 43.4. The molecule has 6 aromatic carbocycles. The predicted molar refractivity (Wildman–Crippen MR) is 386 cm³/mol. The van der Waals surface area contributed by atoms with Gasteiger partial charge in [0.2, 0.25) is 20.0 Å². The highest BCUT2D eigenvalue weighted by atomic mass is 32.2. The summed E-state index contributed by atoms with van der Waals surface area (Å²) in [5.74, 6) is -3.82. The van der Waals surface area contributed by atoms with Gasteiger partial charge in [0.1, 0.15) is 34.0 Å². The third-order valence-electron chi connectivity index (χ3n) is 15.3. The van der Waals surface area contributed by atoms with Crippen LogP contribution in [0.5, 0.6) is 0 Å². The smallest absolute Gasteiger partial charge is 0.323 e. The second kappa shape index (κ2) is 39.0. The predicted octanol–water partition coefficient (Wildman–Crippen LogP) is 12.1. The van der Waals surface area contributed by atoms with Crippen LogP contribution in [0, 0.1) is 29.4 Å². The Bertz CT molecular complexity index is 4050. The largest absolute Gasteiger partial charge is 0.465 e. The Kier molecular flexibility index (Phi) is 33.4. The third-order valence-corrected chi connectivity index (χ3v) is 21.8. The van der Waals surface area contributed by atoms with Gasteiger partial charge in [0.05, 0.1) is 47.9 Å². The van der Waals surface area contributed by atoms with E-state index >= 15 is 0 Å². The number of hydrogen-bond acceptors (Lipinski definition) is 19. The van der Waals surface area contributed by atoms with E-state index in [9.17, 15) is 66.4 Å². The second-order valence-corrected chi connectivity index (χ2v) is 34.2. The molecule has 0 radical (unpaired) electrons. The monoisotopic (exact) mass is 1500 g/mol. The standard InChI is InChI=1S/C37H44FNO7S2.C31H35FN2O5S2.2CH4O3S.CH4/c1-25(2)32(24-34(41)46-37(3,4)5)36(42)45-21-19-29(28-11-15-30(38)16-12-28)23-33(40)35-39(20-22-47-35)48(43,44)31-17-13-27(14-18-31)26-9-7-6-8-10-26;1-21(2)29(33)31(36)39-18-16-25(24-8-12-26(32)13-9-24)20-28(35)30-34(17-19-40-30)41(37,38)27-14-10-23(11-15-27)22-6-4-3-5-7-22;2*1-5(2,3)4;/h6-18,25,29,32,35H,19-24H2,1-5H3;3-15,21,25,29-30H,16-20,33H2,1-2H3;2*1H3,(H,2,3,4);1H4/t29?,32-,35-;25?,29-,30-;;;/m00.../s1. The van der Waals surface area contributed by atoms with E-state index in [1.54, 1.807) is 93.6 Å². The van der Waals surface area contributed by atoms with E-state index in [-0.39, 0.29) is 92.6 Å². The number of nitrogens with zero attached hydrogens (tertiary/aromatic N) is 2. The molecule has 0 amide bonds. The zero-order valence-electron chi connectivity index (χ0n) is 56.5. The van der Waals surface area contributed by atoms with Crippen LogP contribution >= 0.6 is 23.5 Å². The van der Waals surface area contributed by atoms with Crippen molar-refractivity contribution in [3.63, 3.8) is 0 Å². The van der Waals surface area contributed by atoms with E-state index in [1.165, 1.54) is 56.4 Å². The van der Waals surface area contributed by atoms with Crippen LogP contribution in [-0.2, 0) is 78.5 Å². The molecule has 100 heavy (non-hydrogen) atoms. The van der Waals surface area contributed by atoms with Gasteiger partial charge < -0.3 is 19.9 Å². The fourth-order valence-corrected chi connectivity index (χ4v) is 16.6. The lowest BCUT2D eigenvalue weighted by molar-refractivity contribution is -0.163. The summed E-state index contributed by atoms with van der Waals surface area (Å²) in [5, 5.41) is -1.80. The summed E-state index contributed by atoms with van der Waals surface area (Å²) < 4.78 is 153. The van der Waals surface area contributed by atoms with Gasteiger partial charge in [0.25, 0.3) is 20.2 Å². The Labute approximate surface area is 596 Å². The molecule has 0 spiro atoms. The lowest BCUT2D eigenvalue weighted by Gasteiger charge is -2.25. The number of hydrogen-bond donors (Lipinski definition) is 3. The number of ether oxygens (including phenoxy) is 3. The zero-order chi connectivity index (χ0) is 73.6. The topological polar surface area (TPSA) is 323 Å². The Morgan fingerprint density at radius 3 is 1.17 bits per heavy atom. The molecule has 2 aliphatic rings. The van der Waals surface area contributed by atoms with Crippen molar-refractivity contribution in [1.82, 2.24) is 8.61 Å². The number of halogens is 2. The number of thioether (sulfide) groups is 2. The van der Waals surface area contributed by atoms with E-state index in [0.29, 0.717) is 41.6 Å². The molecule has 6 atom stereocenters. The van der Waals surface area contributed by atoms with Crippen LogP contribution in [0.4, 0.5) is 8.78 Å². The van der Waals surface area contributed by atoms with Crippen LogP contribution in [0.25, 0.3) is 22.3 Å². The molecule has 21 nitrogen and oxygen atoms in total. The van der Waals surface area contributed by atoms with Crippen LogP contribution in [0.3, 0.4) is 0 Å². The van der Waals surface area contributed by atoms with Crippen LogP contribution < -0.4 is 5.73 Å². The van der Waals surface area contributed by atoms with E-state index in [2.05, 4.69) is 0 Å². The lowest BCUT2D eigenvalue weighted by Crippen LogP contribution is -2.40. The van der Waals surface area contributed by atoms with Crippen molar-refractivity contribution in [1.29, 1.82) is 0 Å². The molecule has 8 rings (SSSR count). The van der Waals surface area contributed by atoms with Crippen molar-refractivity contribution < 1.29 is 89.7 Å². The van der Waals surface area contributed by atoms with E-state index in [0.717, 1.165) is 22.3 Å². The zero-order valence-corrected chi connectivity index (χ0v) is 61.4. The highest BCUT2D eigenvalue weighted by Crippen LogP contribution is 2.38. The fraction of sp³-hybridized carbons (Fsp3) is 0.423. The number of carbonyl (C=O) groups is 5. The van der Waals surface area contributed by atoms with E-state index in [4.69, 9.17) is 29.0 Å². The molecule has 0 bridgehead atoms. The van der Waals surface area contributed by atoms with Crippen molar-refractivity contribution in [2.24, 2.45) is 23.5 Å². The summed E-state index contributed by atoms with van der Waals surface area (Å²) in [7, 11) is -15.2. The number of benzene rings is 6. The summed E-state index contributed by atoms with van der Waals surface area (Å²) in [4.78, 5) is 65.3. The van der Waals surface area contributed by atoms with E-state index < -0.39 is 110 Å². The highest BCUT2D eigenvalue weighted by Gasteiger charge is 2.42. The lowest BCUT2D eigenvalue weighted by atomic mass is 9.90. The number of carbonyl (C=O) groups excluding carboxylic acids is 5. The molecular weight excluding hydrogens is 1410 g/mol. The SMILES string of the molecule is C.CC(C)[C@H](CC(=O)OC(C)(C)C)C(=O)OCCC(CC(=O)[C@@H]1SCCN1S(=O)(=O)c1ccc(-c2ccccc2)cc1)c1ccc(F)cc1.CC(C)[C@H](N)C(=O)OCCC(CC(=O)[C@@H]1SCCN1S(=O)(=O)c1ccc(-c2ccccc2)cc1)c1ccc(F)cc1.CS(=O)(=O)O.CS(=O)(=O)O. The summed E-state index contributed by atoms with van der Waals surface area (Å²) in [6.45, 7) is 13.0. The molecule has 2 saturated heterocycles. The molecule has 0 aromatic heterocycles. The van der Waals surface area contributed by atoms with Crippen molar-refractivity contribution in [3.8, 4) is 22.3 Å². The Morgan fingerprint density at radius 1 is 0.520 bits per heavy atom. The first-order chi connectivity index (χ1) is 46.2. The second-order valence-electron chi connectivity index (χ2n) is 25.1. The molecule has 6 aromatic rings. The molecule has 2 fully saturated rings. The van der Waals surface area contributed by atoms with Gasteiger partial charge in [-0.1, -0.05) is 144 Å². The fourth-order valence-electron chi connectivity index (χ4n) is 10.2. The molecule has 0 aliphatic carbocycles. The first kappa shape index (κ1) is 85.6. The minimum absolute atomic E-state index is 0. The number of Topliss-reactive ketones (excluding diaryl/α,β-unsaturated/α-hetero) is 2. The molecule has 2 unspecified atom stereocenters. The molecule has 0 saturated carbocycles. The molecule has 2 aliphatic heterocycles. The highest BCUT2D eigenvalue weighted by molar-refractivity contribution is 8.02. The number of rotatable bonds is 26. The van der Waals surface area contributed by atoms with Gasteiger partial charge >= 0.3 is 17.9 Å². The maximum atomic E-state index is 13.8. The maximum absolute atomic E-state index is 13.8. The van der Waals surface area contributed by atoms with Gasteiger partial charge in [-0.3, -0.25) is 33.1 Å². The average Bonchev–Trinajstić information content (AvgIpc) is 1.53. The van der Waals surface area contributed by atoms with Gasteiger partial charge in [0.15, 0.2) is 11.6 Å². The maximum Gasteiger partial charge on any atom is 0.323 e. The van der Waals surface area contributed by atoms with Crippen molar-refractivity contribution in [2.75, 3.05) is 50.3 Å². The Morgan fingerprint density at radius 2 is 0.850 bits per heavy atom. The first-order valence-corrected chi connectivity index (χ1v) is 40.2. The minimum Gasteiger partial charge on any atom is -0.465 e. The summed E-state index contributed by atoms with van der Waals surface area (Å²) >= 11 is 2.56. The van der Waals surface area contributed by atoms with Crippen molar-refractivity contribution >= 4 is 93.3 Å². The van der Waals surface area contributed by atoms with Gasteiger partial charge in [-0.15, -0.1) is 23.5 Å². The van der Waals surface area contributed by atoms with Gasteiger partial charge in [-0.2, -0.15) is 25.4 Å². The van der Waals surface area contributed by atoms with Crippen LogP contribution in [0.15, 0.2) is 168 Å². The van der Waals surface area contributed by atoms with Crippen LogP contribution in [0.2, 0.25) is 0 Å². The molecule has 2 heterocycles. The third kappa shape index (κ3) is 28.2. The first-order valence-electron chi connectivity index (χ1n) is 31.5. The number of esters is 3. The number of sulfonamides is 2. The molecule has 548 valence electrons. The summed E-state index contributed by atoms with van der Waals surface area (Å²) in [6.07, 6.45) is 1.83. The number of nitrogens with two attached hydrogens (primary N) is 1. The minimum atomic E-state index is -3.97. The Balaban J connectivity index is 0.000000373. The molecule has 29 heteroatoms. The summed E-state index contributed by atoms with van der Waals surface area (Å²) in [5.41, 5.74) is 10.3. The van der Waals surface area contributed by atoms with Crippen LogP contribution in [-0.4, -0.2) is 154 Å². The normalized spacial score (nSPS) is 16.3. The average molecular weight is 1500 g/mol. The van der Waals surface area contributed by atoms with Gasteiger partial charge in [0, 0.05) is 37.4 Å². The van der Waals surface area contributed by atoms with Gasteiger partial charge in [-0.25, -0.2) is 25.6 Å². The Hall–Kier alpha value is -6.77. The quantitative estimate of drug-likeness (QED) is 0.0258. The van der Waals surface area contributed by atoms with E-state index in [1.807, 2.05) is 88.4 Å². The van der Waals surface area contributed by atoms with Crippen LogP contribution in [0.1, 0.15) is 111 Å². The molecular formula is C71H91F2N3O18S6. The molecule has 4 N–H and O–H groups in total.